The summed E-state index contributed by atoms with van der Waals surface area (Å²) in [6.45, 7) is 0. The Morgan fingerprint density at radius 1 is 1.23 bits per heavy atom. The zero-order chi connectivity index (χ0) is 21.8. The van der Waals surface area contributed by atoms with Crippen LogP contribution < -0.4 is 14.9 Å². The number of carbonyl (C=O) groups excluding carboxylic acids is 2. The molecule has 31 heavy (non-hydrogen) atoms. The van der Waals surface area contributed by atoms with Crippen LogP contribution in [0.1, 0.15) is 5.56 Å². The van der Waals surface area contributed by atoms with E-state index in [2.05, 4.69) is 15.6 Å². The van der Waals surface area contributed by atoms with Gasteiger partial charge in [0.25, 0.3) is 12.1 Å². The van der Waals surface area contributed by atoms with E-state index in [9.17, 15) is 9.59 Å². The summed E-state index contributed by atoms with van der Waals surface area (Å²) in [5, 5.41) is 7.29. The Kier molecular flexibility index (Phi) is 6.15. The van der Waals surface area contributed by atoms with Gasteiger partial charge in [-0.3, -0.25) is 24.3 Å². The molecule has 3 aromatic rings. The molecule has 0 saturated heterocycles. The molecule has 0 aliphatic carbocycles. The van der Waals surface area contributed by atoms with E-state index in [4.69, 9.17) is 16.1 Å². The largest absolute Gasteiger partial charge is 0.302 e. The second kappa shape index (κ2) is 9.15. The zero-order valence-corrected chi connectivity index (χ0v) is 17.9. The Bertz CT molecular complexity index is 1180. The minimum absolute atomic E-state index is 0.0358. The Labute approximate surface area is 187 Å². The van der Waals surface area contributed by atoms with Gasteiger partial charge in [-0.05, 0) is 35.9 Å². The van der Waals surface area contributed by atoms with Crippen molar-refractivity contribution in [2.24, 2.45) is 12.0 Å². The van der Waals surface area contributed by atoms with Gasteiger partial charge >= 0.3 is 5.88 Å². The fourth-order valence-electron chi connectivity index (χ4n) is 2.80. The van der Waals surface area contributed by atoms with Gasteiger partial charge in [0, 0.05) is 5.02 Å². The molecule has 156 valence electrons. The lowest BCUT2D eigenvalue weighted by Gasteiger charge is -2.17. The van der Waals surface area contributed by atoms with Gasteiger partial charge in [-0.25, -0.2) is 4.99 Å². The van der Waals surface area contributed by atoms with Crippen LogP contribution in [0.15, 0.2) is 76.0 Å². The number of nitrogens with zero attached hydrogens (tertiary/aromatic N) is 4. The molecular weight excluding hydrogens is 438 g/mol. The Balaban J connectivity index is 1.55. The molecule has 2 heterocycles. The third-order valence-corrected chi connectivity index (χ3v) is 5.37. The van der Waals surface area contributed by atoms with Gasteiger partial charge < -0.3 is 0 Å². The summed E-state index contributed by atoms with van der Waals surface area (Å²) in [7, 11) is 1.68. The van der Waals surface area contributed by atoms with Crippen LogP contribution in [-0.2, 0) is 16.6 Å². The van der Waals surface area contributed by atoms with Gasteiger partial charge in [0.1, 0.15) is 5.70 Å². The summed E-state index contributed by atoms with van der Waals surface area (Å²) >= 11 is 7.09. The van der Waals surface area contributed by atoms with Crippen LogP contribution in [0.4, 0.5) is 11.6 Å². The summed E-state index contributed by atoms with van der Waals surface area (Å²) in [5.74, 6) is -0.305. The number of amides is 2. The lowest BCUT2D eigenvalue weighted by molar-refractivity contribution is -0.739. The highest BCUT2D eigenvalue weighted by atomic mass is 35.5. The average Bonchev–Trinajstić information content (AvgIpc) is 3.31. The maximum atomic E-state index is 13.1. The minimum atomic E-state index is -0.306. The van der Waals surface area contributed by atoms with Crippen molar-refractivity contribution >= 4 is 58.0 Å². The van der Waals surface area contributed by atoms with Gasteiger partial charge in [0.2, 0.25) is 5.91 Å². The van der Waals surface area contributed by atoms with Crippen LogP contribution in [-0.4, -0.2) is 28.0 Å². The number of aromatic nitrogens is 2. The number of hydrogen-bond acceptors (Lipinski definition) is 6. The Hall–Kier alpha value is -3.43. The van der Waals surface area contributed by atoms with Crippen molar-refractivity contribution in [3.05, 3.63) is 77.1 Å². The van der Waals surface area contributed by atoms with Gasteiger partial charge in [0.15, 0.2) is 17.5 Å². The van der Waals surface area contributed by atoms with Crippen LogP contribution in [0, 0.1) is 0 Å². The van der Waals surface area contributed by atoms with Crippen LogP contribution in [0.3, 0.4) is 0 Å². The summed E-state index contributed by atoms with van der Waals surface area (Å²) in [4.78, 5) is 31.4. The fourth-order valence-corrected chi connectivity index (χ4v) is 3.74. The first kappa shape index (κ1) is 20.8. The van der Waals surface area contributed by atoms with E-state index in [1.165, 1.54) is 9.58 Å². The van der Waals surface area contributed by atoms with Gasteiger partial charge in [-0.15, -0.1) is 0 Å². The van der Waals surface area contributed by atoms with Crippen LogP contribution >= 0.6 is 23.4 Å². The van der Waals surface area contributed by atoms with E-state index in [0.29, 0.717) is 15.9 Å². The number of rotatable bonds is 5. The lowest BCUT2D eigenvalue weighted by atomic mass is 10.2. The van der Waals surface area contributed by atoms with Crippen molar-refractivity contribution in [1.82, 2.24) is 5.27 Å². The number of nitrogens with one attached hydrogen (secondary N) is 1. The molecule has 0 atom stereocenters. The first-order chi connectivity index (χ1) is 15.0. The maximum absolute atomic E-state index is 13.1. The molecule has 2 aromatic carbocycles. The number of anilines is 2. The quantitative estimate of drug-likeness (QED) is 0.472. The molecule has 1 aliphatic heterocycles. The van der Waals surface area contributed by atoms with Crippen LogP contribution in [0.5, 0.6) is 0 Å². The van der Waals surface area contributed by atoms with Crippen LogP contribution in [0.25, 0.3) is 6.08 Å². The number of benzene rings is 2. The molecule has 0 radical (unpaired) electrons. The standard InChI is InChI=1S/C21H16ClN5O3S/c1-26-12-19(30-25-26)24-18(28)13-31-21-23-17(11-14-7-9-15(22)10-8-14)20(29)27(21)16-5-3-2-4-6-16/h2-12H,13H2,1H3/p+1/b17-11+. The van der Waals surface area contributed by atoms with Gasteiger partial charge in [-0.1, -0.05) is 58.4 Å². The minimum Gasteiger partial charge on any atom is -0.288 e. The van der Waals surface area contributed by atoms with Crippen LogP contribution in [0.2, 0.25) is 5.02 Å². The second-order valence-electron chi connectivity index (χ2n) is 6.53. The van der Waals surface area contributed by atoms with Crippen molar-refractivity contribution in [2.75, 3.05) is 16.0 Å². The summed E-state index contributed by atoms with van der Waals surface area (Å²) in [6.07, 6.45) is 3.24. The monoisotopic (exact) mass is 454 g/mol. The number of aliphatic imine (C=N–C) groups is 1. The number of amidine groups is 1. The summed E-state index contributed by atoms with van der Waals surface area (Å²) in [6, 6.07) is 16.3. The van der Waals surface area contributed by atoms with Gasteiger partial charge in [-0.2, -0.15) is 0 Å². The molecule has 10 heteroatoms. The number of hydrogen-bond donors (Lipinski definition) is 1. The molecule has 1 N–H and O–H groups in total. The Morgan fingerprint density at radius 2 is 1.97 bits per heavy atom. The number of aryl methyl sites for hydroxylation is 1. The molecule has 0 spiro atoms. The van der Waals surface area contributed by atoms with Gasteiger partial charge in [0.05, 0.1) is 11.4 Å². The summed E-state index contributed by atoms with van der Waals surface area (Å²) < 4.78 is 6.40. The molecule has 1 aromatic heterocycles. The highest BCUT2D eigenvalue weighted by Gasteiger charge is 2.32. The smallest absolute Gasteiger partial charge is 0.288 e. The molecule has 2 amide bonds. The molecular formula is C21H17ClN5O3S+. The molecule has 0 bridgehead atoms. The van der Waals surface area contributed by atoms with Crippen molar-refractivity contribution in [2.45, 2.75) is 0 Å². The van der Waals surface area contributed by atoms with E-state index >= 15 is 0 Å². The molecule has 0 fully saturated rings. The first-order valence-electron chi connectivity index (χ1n) is 9.20. The van der Waals surface area contributed by atoms with E-state index < -0.39 is 0 Å². The molecule has 4 rings (SSSR count). The fraction of sp³-hybridized carbons (Fsp3) is 0.0952. The first-order valence-corrected chi connectivity index (χ1v) is 10.6. The van der Waals surface area contributed by atoms with Crippen molar-refractivity contribution in [1.29, 1.82) is 0 Å². The summed E-state index contributed by atoms with van der Waals surface area (Å²) in [5.41, 5.74) is 1.74. The van der Waals surface area contributed by atoms with Crippen molar-refractivity contribution in [3.8, 4) is 0 Å². The van der Waals surface area contributed by atoms with E-state index in [1.54, 1.807) is 43.6 Å². The van der Waals surface area contributed by atoms with Crippen molar-refractivity contribution < 1.29 is 18.8 Å². The topological polar surface area (TPSA) is 91.7 Å². The predicted octanol–water partition coefficient (Wildman–Crippen LogP) is 3.27. The van der Waals surface area contributed by atoms with E-state index in [1.807, 2.05) is 30.3 Å². The SMILES string of the molecule is C[n+]1cc(NC(=O)CSC2=N/C(=C/c3ccc(Cl)cc3)C(=O)N2c2ccccc2)on1. The highest BCUT2D eigenvalue weighted by Crippen LogP contribution is 2.29. The molecule has 0 unspecified atom stereocenters. The molecule has 0 saturated carbocycles. The Morgan fingerprint density at radius 3 is 2.65 bits per heavy atom. The average molecular weight is 455 g/mol. The normalized spacial score (nSPS) is 14.8. The van der Waals surface area contributed by atoms with E-state index in [-0.39, 0.29) is 29.1 Å². The lowest BCUT2D eigenvalue weighted by Crippen LogP contribution is -2.31. The molecule has 8 nitrogen and oxygen atoms in total. The third kappa shape index (κ3) is 5.01. The van der Waals surface area contributed by atoms with E-state index in [0.717, 1.165) is 17.3 Å². The second-order valence-corrected chi connectivity index (χ2v) is 7.91. The predicted molar refractivity (Wildman–Crippen MR) is 120 cm³/mol. The van der Waals surface area contributed by atoms with Crippen molar-refractivity contribution in [3.63, 3.8) is 0 Å². The third-order valence-electron chi connectivity index (χ3n) is 4.18. The number of para-hydroxylation sites is 1. The number of thioether (sulfide) groups is 1. The number of halogens is 1. The zero-order valence-electron chi connectivity index (χ0n) is 16.4. The highest BCUT2D eigenvalue weighted by molar-refractivity contribution is 8.14. The molecule has 1 aliphatic rings. The number of carbonyl (C=O) groups is 2. The maximum Gasteiger partial charge on any atom is 0.302 e.